The van der Waals surface area contributed by atoms with Crippen LogP contribution in [0.25, 0.3) is 0 Å². The van der Waals surface area contributed by atoms with E-state index in [2.05, 4.69) is 27.1 Å². The van der Waals surface area contributed by atoms with Crippen LogP contribution in [0.1, 0.15) is 26.7 Å². The van der Waals surface area contributed by atoms with Crippen LogP contribution in [0, 0.1) is 5.92 Å². The van der Waals surface area contributed by atoms with Gasteiger partial charge in [-0.2, -0.15) is 0 Å². The van der Waals surface area contributed by atoms with Gasteiger partial charge in [0.15, 0.2) is 0 Å². The molecule has 5 heteroatoms. The zero-order chi connectivity index (χ0) is 15.2. The molecule has 2 rings (SSSR count). The van der Waals surface area contributed by atoms with Crippen molar-refractivity contribution in [1.29, 1.82) is 0 Å². The van der Waals surface area contributed by atoms with Gasteiger partial charge < -0.3 is 15.1 Å². The lowest BCUT2D eigenvalue weighted by Gasteiger charge is -2.33. The molecule has 1 aromatic rings. The molecule has 1 aliphatic heterocycles. The van der Waals surface area contributed by atoms with Crippen molar-refractivity contribution in [2.45, 2.75) is 26.7 Å². The predicted molar refractivity (Wildman–Crippen MR) is 86.6 cm³/mol. The molecule has 1 saturated heterocycles. The van der Waals surface area contributed by atoms with E-state index in [0.717, 1.165) is 44.7 Å². The van der Waals surface area contributed by atoms with Crippen LogP contribution in [0.15, 0.2) is 18.3 Å². The third-order valence-corrected chi connectivity index (χ3v) is 4.22. The van der Waals surface area contributed by atoms with Gasteiger partial charge in [0.25, 0.3) is 0 Å². The first-order valence-corrected chi connectivity index (χ1v) is 7.84. The van der Waals surface area contributed by atoms with Crippen molar-refractivity contribution in [3.63, 3.8) is 0 Å². The number of hydrogen-bond donors (Lipinski definition) is 1. The van der Waals surface area contributed by atoms with Crippen LogP contribution in [-0.2, 0) is 4.79 Å². The van der Waals surface area contributed by atoms with Gasteiger partial charge in [-0.25, -0.2) is 4.98 Å². The number of hydrogen-bond acceptors (Lipinski definition) is 4. The largest absolute Gasteiger partial charge is 0.368 e. The lowest BCUT2D eigenvalue weighted by Crippen LogP contribution is -2.44. The summed E-state index contributed by atoms with van der Waals surface area (Å²) in [5, 5.41) is 2.90. The SMILES string of the molecule is CCC(CC)C(=O)Nc1ccc(N2CCN(C)CC2)cn1. The summed E-state index contributed by atoms with van der Waals surface area (Å²) >= 11 is 0. The van der Waals surface area contributed by atoms with E-state index in [1.54, 1.807) is 0 Å². The van der Waals surface area contributed by atoms with Gasteiger partial charge in [0.05, 0.1) is 11.9 Å². The minimum Gasteiger partial charge on any atom is -0.368 e. The summed E-state index contributed by atoms with van der Waals surface area (Å²) < 4.78 is 0. The zero-order valence-electron chi connectivity index (χ0n) is 13.3. The number of pyridine rings is 1. The zero-order valence-corrected chi connectivity index (χ0v) is 13.3. The third kappa shape index (κ3) is 4.17. The molecular weight excluding hydrogens is 264 g/mol. The number of piperazine rings is 1. The first kappa shape index (κ1) is 15.8. The van der Waals surface area contributed by atoms with Crippen molar-refractivity contribution in [2.24, 2.45) is 5.92 Å². The van der Waals surface area contributed by atoms with Gasteiger partial charge in [0.1, 0.15) is 5.82 Å². The van der Waals surface area contributed by atoms with E-state index in [1.807, 2.05) is 32.2 Å². The first-order valence-electron chi connectivity index (χ1n) is 7.84. The number of rotatable bonds is 5. The Kier molecular flexibility index (Phi) is 5.56. The Bertz CT molecular complexity index is 448. The molecule has 0 aromatic carbocycles. The fourth-order valence-electron chi connectivity index (χ4n) is 2.60. The Hall–Kier alpha value is -1.62. The fourth-order valence-corrected chi connectivity index (χ4v) is 2.60. The number of carbonyl (C=O) groups is 1. The summed E-state index contributed by atoms with van der Waals surface area (Å²) in [5.41, 5.74) is 1.13. The second-order valence-corrected chi connectivity index (χ2v) is 5.69. The maximum atomic E-state index is 12.0. The second-order valence-electron chi connectivity index (χ2n) is 5.69. The van der Waals surface area contributed by atoms with E-state index >= 15 is 0 Å². The van der Waals surface area contributed by atoms with Crippen LogP contribution < -0.4 is 10.2 Å². The predicted octanol–water partition coefficient (Wildman–Crippen LogP) is 2.21. The molecule has 1 N–H and O–H groups in total. The fraction of sp³-hybridized carbons (Fsp3) is 0.625. The number of amides is 1. The topological polar surface area (TPSA) is 48.5 Å². The monoisotopic (exact) mass is 290 g/mol. The molecular formula is C16H26N4O. The molecule has 0 spiro atoms. The highest BCUT2D eigenvalue weighted by Crippen LogP contribution is 2.18. The van der Waals surface area contributed by atoms with Crippen LogP contribution in [-0.4, -0.2) is 49.0 Å². The van der Waals surface area contributed by atoms with Crippen LogP contribution >= 0.6 is 0 Å². The Morgan fingerprint density at radius 2 is 1.90 bits per heavy atom. The summed E-state index contributed by atoms with van der Waals surface area (Å²) in [5.74, 6) is 0.786. The quantitative estimate of drug-likeness (QED) is 0.903. The molecule has 21 heavy (non-hydrogen) atoms. The highest BCUT2D eigenvalue weighted by Gasteiger charge is 2.16. The van der Waals surface area contributed by atoms with Crippen molar-refractivity contribution in [1.82, 2.24) is 9.88 Å². The third-order valence-electron chi connectivity index (χ3n) is 4.22. The maximum Gasteiger partial charge on any atom is 0.228 e. The van der Waals surface area contributed by atoms with Crippen LogP contribution in [0.4, 0.5) is 11.5 Å². The molecule has 116 valence electrons. The lowest BCUT2D eigenvalue weighted by molar-refractivity contribution is -0.120. The Labute approximate surface area is 127 Å². The van der Waals surface area contributed by atoms with Crippen molar-refractivity contribution in [3.8, 4) is 0 Å². The van der Waals surface area contributed by atoms with Gasteiger partial charge in [-0.3, -0.25) is 4.79 Å². The lowest BCUT2D eigenvalue weighted by atomic mass is 10.0. The number of aromatic nitrogens is 1. The van der Waals surface area contributed by atoms with Crippen molar-refractivity contribution < 1.29 is 4.79 Å². The van der Waals surface area contributed by atoms with Gasteiger partial charge in [0.2, 0.25) is 5.91 Å². The summed E-state index contributed by atoms with van der Waals surface area (Å²) in [6.07, 6.45) is 3.58. The Morgan fingerprint density at radius 1 is 1.24 bits per heavy atom. The summed E-state index contributed by atoms with van der Waals surface area (Å²) in [6, 6.07) is 3.94. The molecule has 0 bridgehead atoms. The van der Waals surface area contributed by atoms with E-state index in [0.29, 0.717) is 5.82 Å². The van der Waals surface area contributed by atoms with E-state index in [4.69, 9.17) is 0 Å². The van der Waals surface area contributed by atoms with Gasteiger partial charge in [-0.15, -0.1) is 0 Å². The van der Waals surface area contributed by atoms with E-state index in [1.165, 1.54) is 0 Å². The molecule has 0 unspecified atom stereocenters. The molecule has 0 atom stereocenters. The van der Waals surface area contributed by atoms with E-state index in [-0.39, 0.29) is 11.8 Å². The average Bonchev–Trinajstić information content (AvgIpc) is 2.50. The number of anilines is 2. The minimum absolute atomic E-state index is 0.0693. The van der Waals surface area contributed by atoms with Gasteiger partial charge in [0, 0.05) is 32.1 Å². The standard InChI is InChI=1S/C16H26N4O/c1-4-13(5-2)16(21)18-15-7-6-14(12-17-15)20-10-8-19(3)9-11-20/h6-7,12-13H,4-5,8-11H2,1-3H3,(H,17,18,21). The highest BCUT2D eigenvalue weighted by molar-refractivity contribution is 5.91. The minimum atomic E-state index is 0.0693. The van der Waals surface area contributed by atoms with E-state index < -0.39 is 0 Å². The van der Waals surface area contributed by atoms with Crippen molar-refractivity contribution in [3.05, 3.63) is 18.3 Å². The number of carbonyl (C=O) groups excluding carboxylic acids is 1. The number of nitrogens with zero attached hydrogens (tertiary/aromatic N) is 3. The maximum absolute atomic E-state index is 12.0. The molecule has 5 nitrogen and oxygen atoms in total. The summed E-state index contributed by atoms with van der Waals surface area (Å²) in [4.78, 5) is 21.1. The van der Waals surface area contributed by atoms with Crippen LogP contribution in [0.3, 0.4) is 0 Å². The smallest absolute Gasteiger partial charge is 0.228 e. The average molecular weight is 290 g/mol. The molecule has 1 aliphatic rings. The summed E-state index contributed by atoms with van der Waals surface area (Å²) in [7, 11) is 2.14. The molecule has 0 radical (unpaired) electrons. The highest BCUT2D eigenvalue weighted by atomic mass is 16.1. The molecule has 0 aliphatic carbocycles. The van der Waals surface area contributed by atoms with E-state index in [9.17, 15) is 4.79 Å². The first-order chi connectivity index (χ1) is 10.1. The van der Waals surface area contributed by atoms with Crippen molar-refractivity contribution >= 4 is 17.4 Å². The second kappa shape index (κ2) is 7.41. The number of nitrogens with one attached hydrogen (secondary N) is 1. The van der Waals surface area contributed by atoms with Crippen LogP contribution in [0.5, 0.6) is 0 Å². The van der Waals surface area contributed by atoms with Gasteiger partial charge in [-0.05, 0) is 32.0 Å². The van der Waals surface area contributed by atoms with Gasteiger partial charge in [-0.1, -0.05) is 13.8 Å². The molecule has 2 heterocycles. The normalized spacial score (nSPS) is 16.3. The molecule has 1 aromatic heterocycles. The Morgan fingerprint density at radius 3 is 2.43 bits per heavy atom. The molecule has 1 amide bonds. The van der Waals surface area contributed by atoms with Gasteiger partial charge >= 0.3 is 0 Å². The molecule has 0 saturated carbocycles. The number of likely N-dealkylation sites (N-methyl/N-ethyl adjacent to an activating group) is 1. The van der Waals surface area contributed by atoms with Crippen LogP contribution in [0.2, 0.25) is 0 Å². The molecule has 1 fully saturated rings. The van der Waals surface area contributed by atoms with Crippen molar-refractivity contribution in [2.75, 3.05) is 43.4 Å². The summed E-state index contributed by atoms with van der Waals surface area (Å²) in [6.45, 7) is 8.28. The Balaban J connectivity index is 1.94.